The van der Waals surface area contributed by atoms with E-state index >= 15 is 0 Å². The molecule has 1 unspecified atom stereocenters. The number of hydrogen-bond acceptors (Lipinski definition) is 2. The van der Waals surface area contributed by atoms with Crippen molar-refractivity contribution in [2.45, 2.75) is 65.1 Å². The summed E-state index contributed by atoms with van der Waals surface area (Å²) in [5.74, 6) is 0.546. The number of likely N-dealkylation sites (tertiary alicyclic amines) is 1. The second-order valence-electron chi connectivity index (χ2n) is 6.61. The molecule has 0 aliphatic carbocycles. The Labute approximate surface area is 141 Å². The zero-order chi connectivity index (χ0) is 16.5. The third kappa shape index (κ3) is 6.22. The molecule has 1 aromatic rings. The van der Waals surface area contributed by atoms with Crippen molar-refractivity contribution >= 4 is 5.96 Å². The van der Waals surface area contributed by atoms with Crippen LogP contribution in [0.4, 0.5) is 0 Å². The van der Waals surface area contributed by atoms with Crippen LogP contribution in [0.3, 0.4) is 0 Å². The molecule has 4 nitrogen and oxygen atoms in total. The molecule has 128 valence electrons. The van der Waals surface area contributed by atoms with Crippen LogP contribution in [0.15, 0.2) is 29.3 Å². The summed E-state index contributed by atoms with van der Waals surface area (Å²) in [6.07, 6.45) is 6.33. The molecule has 1 atom stereocenters. The summed E-state index contributed by atoms with van der Waals surface area (Å²) in [6, 6.07) is 9.52. The number of nitrogens with two attached hydrogens (primary N) is 1. The third-order valence-corrected chi connectivity index (χ3v) is 4.62. The third-order valence-electron chi connectivity index (χ3n) is 4.62. The van der Waals surface area contributed by atoms with Gasteiger partial charge in [0.15, 0.2) is 5.96 Å². The van der Waals surface area contributed by atoms with Gasteiger partial charge in [0.25, 0.3) is 0 Å². The highest BCUT2D eigenvalue weighted by Gasteiger charge is 2.17. The monoisotopic (exact) mass is 316 g/mol. The molecule has 0 spiro atoms. The first-order chi connectivity index (χ1) is 11.2. The van der Waals surface area contributed by atoms with Crippen molar-refractivity contribution in [1.82, 2.24) is 10.2 Å². The van der Waals surface area contributed by atoms with Crippen LogP contribution >= 0.6 is 0 Å². The Bertz CT molecular complexity index is 481. The van der Waals surface area contributed by atoms with Gasteiger partial charge < -0.3 is 11.1 Å². The SMILES string of the molecule is CCCCNC(N)=NCc1ccc(CN2CCCCC2C)cc1. The summed E-state index contributed by atoms with van der Waals surface area (Å²) >= 11 is 0. The van der Waals surface area contributed by atoms with Gasteiger partial charge in [-0.15, -0.1) is 0 Å². The van der Waals surface area contributed by atoms with E-state index in [0.29, 0.717) is 18.5 Å². The van der Waals surface area contributed by atoms with Crippen molar-refractivity contribution in [3.05, 3.63) is 35.4 Å². The van der Waals surface area contributed by atoms with E-state index in [0.717, 1.165) is 25.9 Å². The van der Waals surface area contributed by atoms with Crippen LogP contribution in [-0.4, -0.2) is 30.0 Å². The van der Waals surface area contributed by atoms with Gasteiger partial charge in [0.2, 0.25) is 0 Å². The van der Waals surface area contributed by atoms with E-state index in [1.54, 1.807) is 0 Å². The van der Waals surface area contributed by atoms with Gasteiger partial charge in [-0.1, -0.05) is 44.0 Å². The van der Waals surface area contributed by atoms with Gasteiger partial charge in [-0.3, -0.25) is 4.90 Å². The Morgan fingerprint density at radius 1 is 1.26 bits per heavy atom. The molecule has 1 heterocycles. The minimum Gasteiger partial charge on any atom is -0.370 e. The van der Waals surface area contributed by atoms with Gasteiger partial charge in [0.05, 0.1) is 6.54 Å². The first-order valence-corrected chi connectivity index (χ1v) is 9.04. The Balaban J connectivity index is 1.81. The molecule has 1 aromatic carbocycles. The lowest BCUT2D eigenvalue weighted by molar-refractivity contribution is 0.152. The quantitative estimate of drug-likeness (QED) is 0.461. The van der Waals surface area contributed by atoms with Gasteiger partial charge >= 0.3 is 0 Å². The fourth-order valence-electron chi connectivity index (χ4n) is 3.00. The lowest BCUT2D eigenvalue weighted by Crippen LogP contribution is -2.36. The van der Waals surface area contributed by atoms with Crippen molar-refractivity contribution in [2.24, 2.45) is 10.7 Å². The number of nitrogens with one attached hydrogen (secondary N) is 1. The fraction of sp³-hybridized carbons (Fsp3) is 0.632. The zero-order valence-electron chi connectivity index (χ0n) is 14.7. The largest absolute Gasteiger partial charge is 0.370 e. The van der Waals surface area contributed by atoms with Gasteiger partial charge in [-0.25, -0.2) is 4.99 Å². The first-order valence-electron chi connectivity index (χ1n) is 9.04. The standard InChI is InChI=1S/C19H32N4/c1-3-4-12-21-19(20)22-14-17-8-10-18(11-9-17)15-23-13-6-5-7-16(23)2/h8-11,16H,3-7,12-15H2,1-2H3,(H3,20,21,22). The minimum absolute atomic E-state index is 0.546. The Morgan fingerprint density at radius 3 is 2.70 bits per heavy atom. The molecule has 0 saturated carbocycles. The number of rotatable bonds is 7. The van der Waals surface area contributed by atoms with E-state index < -0.39 is 0 Å². The number of guanidine groups is 1. The molecule has 0 radical (unpaired) electrons. The van der Waals surface area contributed by atoms with Crippen molar-refractivity contribution in [1.29, 1.82) is 0 Å². The van der Waals surface area contributed by atoms with E-state index in [-0.39, 0.29) is 0 Å². The highest BCUT2D eigenvalue weighted by atomic mass is 15.2. The van der Waals surface area contributed by atoms with Crippen LogP contribution in [0.5, 0.6) is 0 Å². The van der Waals surface area contributed by atoms with Crippen molar-refractivity contribution in [3.63, 3.8) is 0 Å². The summed E-state index contributed by atoms with van der Waals surface area (Å²) in [6.45, 7) is 8.35. The van der Waals surface area contributed by atoms with Crippen LogP contribution < -0.4 is 11.1 Å². The number of benzene rings is 1. The van der Waals surface area contributed by atoms with Crippen LogP contribution in [0.25, 0.3) is 0 Å². The number of nitrogens with zero attached hydrogens (tertiary/aromatic N) is 2. The van der Waals surface area contributed by atoms with Gasteiger partial charge in [0.1, 0.15) is 0 Å². The van der Waals surface area contributed by atoms with Crippen LogP contribution in [0.2, 0.25) is 0 Å². The van der Waals surface area contributed by atoms with Crippen molar-refractivity contribution < 1.29 is 0 Å². The van der Waals surface area contributed by atoms with Crippen LogP contribution in [-0.2, 0) is 13.1 Å². The molecule has 1 saturated heterocycles. The molecule has 1 aliphatic rings. The molecular weight excluding hydrogens is 284 g/mol. The topological polar surface area (TPSA) is 53.6 Å². The van der Waals surface area contributed by atoms with Crippen LogP contribution in [0.1, 0.15) is 57.1 Å². The lowest BCUT2D eigenvalue weighted by atomic mass is 10.0. The van der Waals surface area contributed by atoms with Crippen molar-refractivity contribution in [3.8, 4) is 0 Å². The average molecular weight is 316 g/mol. The normalized spacial score (nSPS) is 19.7. The van der Waals surface area contributed by atoms with Gasteiger partial charge in [-0.2, -0.15) is 0 Å². The second-order valence-corrected chi connectivity index (χ2v) is 6.61. The van der Waals surface area contributed by atoms with E-state index in [9.17, 15) is 0 Å². The number of unbranched alkanes of at least 4 members (excludes halogenated alkanes) is 1. The summed E-state index contributed by atoms with van der Waals surface area (Å²) in [4.78, 5) is 6.99. The van der Waals surface area contributed by atoms with Crippen LogP contribution in [0, 0.1) is 0 Å². The molecule has 0 aromatic heterocycles. The molecule has 1 fully saturated rings. The molecular formula is C19H32N4. The van der Waals surface area contributed by atoms with Gasteiger partial charge in [0, 0.05) is 19.1 Å². The van der Waals surface area contributed by atoms with Crippen molar-refractivity contribution in [2.75, 3.05) is 13.1 Å². The fourth-order valence-corrected chi connectivity index (χ4v) is 3.00. The maximum absolute atomic E-state index is 5.86. The molecule has 23 heavy (non-hydrogen) atoms. The highest BCUT2D eigenvalue weighted by Crippen LogP contribution is 2.19. The molecule has 2 rings (SSSR count). The Hall–Kier alpha value is -1.55. The molecule has 0 amide bonds. The number of hydrogen-bond donors (Lipinski definition) is 2. The molecule has 3 N–H and O–H groups in total. The molecule has 4 heteroatoms. The van der Waals surface area contributed by atoms with E-state index in [1.807, 2.05) is 0 Å². The van der Waals surface area contributed by atoms with E-state index in [4.69, 9.17) is 5.73 Å². The Morgan fingerprint density at radius 2 is 2.00 bits per heavy atom. The summed E-state index contributed by atoms with van der Waals surface area (Å²) in [5, 5.41) is 3.15. The van der Waals surface area contributed by atoms with Gasteiger partial charge in [-0.05, 0) is 43.9 Å². The molecule has 1 aliphatic heterocycles. The number of aliphatic imine (C=N–C) groups is 1. The predicted molar refractivity (Wildman–Crippen MR) is 98.4 cm³/mol. The average Bonchev–Trinajstić information content (AvgIpc) is 2.56. The summed E-state index contributed by atoms with van der Waals surface area (Å²) in [5.41, 5.74) is 8.46. The lowest BCUT2D eigenvalue weighted by Gasteiger charge is -2.33. The maximum Gasteiger partial charge on any atom is 0.188 e. The predicted octanol–water partition coefficient (Wildman–Crippen LogP) is 3.27. The smallest absolute Gasteiger partial charge is 0.188 e. The van der Waals surface area contributed by atoms with E-state index in [1.165, 1.54) is 36.9 Å². The maximum atomic E-state index is 5.86. The zero-order valence-corrected chi connectivity index (χ0v) is 14.7. The Kier molecular flexibility index (Phi) is 7.40. The molecule has 0 bridgehead atoms. The summed E-state index contributed by atoms with van der Waals surface area (Å²) in [7, 11) is 0. The summed E-state index contributed by atoms with van der Waals surface area (Å²) < 4.78 is 0. The highest BCUT2D eigenvalue weighted by molar-refractivity contribution is 5.77. The van der Waals surface area contributed by atoms with E-state index in [2.05, 4.69) is 53.3 Å². The minimum atomic E-state index is 0.546. The first kappa shape index (κ1) is 17.8. The number of piperidine rings is 1. The second kappa shape index (κ2) is 9.56.